The molecule has 2 heterocycles. The third-order valence-corrected chi connectivity index (χ3v) is 5.03. The molecule has 0 bridgehead atoms. The second-order valence-corrected chi connectivity index (χ2v) is 7.34. The van der Waals surface area contributed by atoms with Crippen LogP contribution < -0.4 is 21.9 Å². The van der Waals surface area contributed by atoms with Gasteiger partial charge in [-0.2, -0.15) is 5.10 Å². The van der Waals surface area contributed by atoms with Gasteiger partial charge >= 0.3 is 5.69 Å². The van der Waals surface area contributed by atoms with Crippen molar-refractivity contribution in [2.75, 3.05) is 17.2 Å². The Morgan fingerprint density at radius 3 is 2.52 bits per heavy atom. The zero-order valence-corrected chi connectivity index (χ0v) is 17.9. The van der Waals surface area contributed by atoms with Crippen molar-refractivity contribution >= 4 is 17.4 Å². The minimum Gasteiger partial charge on any atom is -0.383 e. The lowest BCUT2D eigenvalue weighted by molar-refractivity contribution is -0.118. The summed E-state index contributed by atoms with van der Waals surface area (Å²) in [5.74, 6) is -0.228. The summed E-state index contributed by atoms with van der Waals surface area (Å²) in [6.45, 7) is 4.61. The second-order valence-electron chi connectivity index (χ2n) is 7.34. The predicted octanol–water partition coefficient (Wildman–Crippen LogP) is 2.09. The minimum absolute atomic E-state index is 0.0223. The van der Waals surface area contributed by atoms with Crippen LogP contribution >= 0.6 is 0 Å². The lowest BCUT2D eigenvalue weighted by Gasteiger charge is -2.24. The summed E-state index contributed by atoms with van der Waals surface area (Å²) in [4.78, 5) is 41.7. The summed E-state index contributed by atoms with van der Waals surface area (Å²) in [5, 5.41) is 4.19. The van der Waals surface area contributed by atoms with Crippen LogP contribution in [-0.2, 0) is 17.8 Å². The number of unbranched alkanes of at least 4 members (excludes halogenated alkanes) is 1. The lowest BCUT2D eigenvalue weighted by atomic mass is 10.1. The normalized spacial score (nSPS) is 10.9. The molecule has 1 amide bonds. The van der Waals surface area contributed by atoms with E-state index < -0.39 is 11.2 Å². The number of nitrogens with one attached hydrogen (secondary N) is 1. The van der Waals surface area contributed by atoms with E-state index in [1.54, 1.807) is 10.9 Å². The van der Waals surface area contributed by atoms with Crippen molar-refractivity contribution < 1.29 is 4.79 Å². The van der Waals surface area contributed by atoms with Crippen molar-refractivity contribution in [1.29, 1.82) is 0 Å². The van der Waals surface area contributed by atoms with Crippen molar-refractivity contribution in [3.8, 4) is 5.69 Å². The smallest absolute Gasteiger partial charge is 0.330 e. The molecule has 9 nitrogen and oxygen atoms in total. The number of benzene rings is 1. The number of hydrogen-bond acceptors (Lipinski definition) is 5. The predicted molar refractivity (Wildman–Crippen MR) is 121 cm³/mol. The van der Waals surface area contributed by atoms with E-state index in [-0.39, 0.29) is 23.8 Å². The third-order valence-electron chi connectivity index (χ3n) is 5.03. The van der Waals surface area contributed by atoms with Crippen molar-refractivity contribution in [2.24, 2.45) is 0 Å². The van der Waals surface area contributed by atoms with Crippen LogP contribution in [0.5, 0.6) is 0 Å². The molecule has 164 valence electrons. The molecule has 3 rings (SSSR count). The van der Waals surface area contributed by atoms with Crippen LogP contribution in [0.25, 0.3) is 5.69 Å². The number of nitrogens with zero attached hydrogens (tertiary/aromatic N) is 4. The number of anilines is 2. The topological polar surface area (TPSA) is 119 Å². The number of nitrogen functional groups attached to an aromatic ring is 1. The Balaban J connectivity index is 1.91. The van der Waals surface area contributed by atoms with E-state index in [1.165, 1.54) is 9.47 Å². The molecule has 3 N–H and O–H groups in total. The van der Waals surface area contributed by atoms with Gasteiger partial charge in [0, 0.05) is 25.5 Å². The summed E-state index contributed by atoms with van der Waals surface area (Å²) < 4.78 is 3.04. The first-order chi connectivity index (χ1) is 15.0. The van der Waals surface area contributed by atoms with Crippen molar-refractivity contribution in [1.82, 2.24) is 19.3 Å². The summed E-state index contributed by atoms with van der Waals surface area (Å²) in [6, 6.07) is 9.32. The molecule has 0 aliphatic carbocycles. The molecule has 0 spiro atoms. The van der Waals surface area contributed by atoms with Gasteiger partial charge in [-0.15, -0.1) is 0 Å². The fourth-order valence-electron chi connectivity index (χ4n) is 3.42. The molecule has 9 heteroatoms. The van der Waals surface area contributed by atoms with E-state index in [0.717, 1.165) is 17.7 Å². The van der Waals surface area contributed by atoms with E-state index in [1.807, 2.05) is 50.4 Å². The molecular formula is C22H28N6O3. The number of carbonyl (C=O) groups is 1. The summed E-state index contributed by atoms with van der Waals surface area (Å²) in [7, 11) is 0. The van der Waals surface area contributed by atoms with E-state index in [2.05, 4.69) is 10.1 Å². The van der Waals surface area contributed by atoms with Crippen LogP contribution in [0.1, 0.15) is 38.7 Å². The molecule has 1 aromatic carbocycles. The average molecular weight is 425 g/mol. The summed E-state index contributed by atoms with van der Waals surface area (Å²) in [5.41, 5.74) is 6.71. The van der Waals surface area contributed by atoms with Gasteiger partial charge in [-0.3, -0.25) is 19.1 Å². The van der Waals surface area contributed by atoms with Gasteiger partial charge in [-0.25, -0.2) is 9.48 Å². The Kier molecular flexibility index (Phi) is 7.07. The van der Waals surface area contributed by atoms with E-state index in [9.17, 15) is 14.4 Å². The van der Waals surface area contributed by atoms with Crippen LogP contribution in [-0.4, -0.2) is 31.8 Å². The first-order valence-electron chi connectivity index (χ1n) is 10.5. The van der Waals surface area contributed by atoms with Gasteiger partial charge in [0.25, 0.3) is 5.56 Å². The van der Waals surface area contributed by atoms with Crippen LogP contribution in [0, 0.1) is 0 Å². The number of carbonyl (C=O) groups excluding carboxylic acids is 1. The molecule has 0 radical (unpaired) electrons. The Morgan fingerprint density at radius 1 is 1.16 bits per heavy atom. The Hall–Kier alpha value is -3.62. The number of rotatable bonds is 9. The maximum Gasteiger partial charge on any atom is 0.330 e. The highest BCUT2D eigenvalue weighted by molar-refractivity contribution is 5.96. The van der Waals surface area contributed by atoms with E-state index >= 15 is 0 Å². The lowest BCUT2D eigenvalue weighted by Crippen LogP contribution is -2.42. The fourth-order valence-corrected chi connectivity index (χ4v) is 3.42. The van der Waals surface area contributed by atoms with Crippen LogP contribution in [0.3, 0.4) is 0 Å². The fraction of sp³-hybridized carbons (Fsp3) is 0.364. The van der Waals surface area contributed by atoms with Gasteiger partial charge in [0.1, 0.15) is 5.82 Å². The van der Waals surface area contributed by atoms with E-state index in [4.69, 9.17) is 5.73 Å². The Labute approximate surface area is 180 Å². The molecule has 0 saturated heterocycles. The molecule has 2 aromatic heterocycles. The quantitative estimate of drug-likeness (QED) is 0.545. The SMILES string of the molecule is CCCCN(C(=O)Cc1ccc(-n2cccn2)cc1)c1c(N)n(CCC)c(=O)[nH]c1=O. The zero-order chi connectivity index (χ0) is 22.4. The van der Waals surface area contributed by atoms with Gasteiger partial charge in [-0.05, 0) is 36.6 Å². The first kappa shape index (κ1) is 22.1. The number of amides is 1. The zero-order valence-electron chi connectivity index (χ0n) is 17.9. The standard InChI is InChI=1S/C22H28N6O3/c1-3-5-13-26(19-20(23)27(12-4-2)22(31)25-21(19)30)18(29)15-16-7-9-17(10-8-16)28-14-6-11-24-28/h6-11,14H,3-5,12-13,15,23H2,1-2H3,(H,25,30,31). The number of aromatic nitrogens is 4. The largest absolute Gasteiger partial charge is 0.383 e. The van der Waals surface area contributed by atoms with Crippen LogP contribution in [0.4, 0.5) is 11.5 Å². The highest BCUT2D eigenvalue weighted by Crippen LogP contribution is 2.19. The molecule has 0 fully saturated rings. The third kappa shape index (κ3) is 4.93. The van der Waals surface area contributed by atoms with Crippen molar-refractivity contribution in [2.45, 2.75) is 46.1 Å². The first-order valence-corrected chi connectivity index (χ1v) is 10.5. The van der Waals surface area contributed by atoms with Gasteiger partial charge in [-0.1, -0.05) is 32.4 Å². The average Bonchev–Trinajstić information content (AvgIpc) is 3.28. The van der Waals surface area contributed by atoms with Gasteiger partial charge in [0.2, 0.25) is 5.91 Å². The Morgan fingerprint density at radius 2 is 1.90 bits per heavy atom. The number of hydrogen-bond donors (Lipinski definition) is 2. The molecule has 31 heavy (non-hydrogen) atoms. The molecule has 0 aliphatic heterocycles. The summed E-state index contributed by atoms with van der Waals surface area (Å²) in [6.07, 6.45) is 5.86. The molecule has 0 saturated carbocycles. The maximum absolute atomic E-state index is 13.2. The second kappa shape index (κ2) is 9.92. The highest BCUT2D eigenvalue weighted by atomic mass is 16.2. The van der Waals surface area contributed by atoms with Crippen LogP contribution in [0.15, 0.2) is 52.3 Å². The number of aromatic amines is 1. The molecule has 0 unspecified atom stereocenters. The van der Waals surface area contributed by atoms with Gasteiger partial charge < -0.3 is 10.6 Å². The number of nitrogens with two attached hydrogens (primary N) is 1. The monoisotopic (exact) mass is 424 g/mol. The van der Waals surface area contributed by atoms with Crippen molar-refractivity contribution in [3.63, 3.8) is 0 Å². The van der Waals surface area contributed by atoms with E-state index in [0.29, 0.717) is 25.9 Å². The van der Waals surface area contributed by atoms with Crippen LogP contribution in [0.2, 0.25) is 0 Å². The summed E-state index contributed by atoms with van der Waals surface area (Å²) >= 11 is 0. The molecule has 0 atom stereocenters. The Bertz CT molecular complexity index is 1130. The number of H-pyrrole nitrogens is 1. The van der Waals surface area contributed by atoms with Gasteiger partial charge in [0.05, 0.1) is 12.1 Å². The molecule has 0 aliphatic rings. The molecular weight excluding hydrogens is 396 g/mol. The maximum atomic E-state index is 13.2. The molecule has 3 aromatic rings. The minimum atomic E-state index is -0.645. The van der Waals surface area contributed by atoms with Gasteiger partial charge in [0.15, 0.2) is 5.69 Å². The highest BCUT2D eigenvalue weighted by Gasteiger charge is 2.24. The van der Waals surface area contributed by atoms with Crippen molar-refractivity contribution in [3.05, 3.63) is 69.1 Å².